The first kappa shape index (κ1) is 12.2. The number of hydrogen-bond donors (Lipinski definition) is 2. The summed E-state index contributed by atoms with van der Waals surface area (Å²) >= 11 is 0. The first-order chi connectivity index (χ1) is 7.60. The normalized spacial score (nSPS) is 12.1. The van der Waals surface area contributed by atoms with Crippen molar-refractivity contribution in [3.8, 4) is 0 Å². The van der Waals surface area contributed by atoms with E-state index in [9.17, 15) is 9.59 Å². The molecule has 0 bridgehead atoms. The van der Waals surface area contributed by atoms with Gasteiger partial charge in [0.15, 0.2) is 0 Å². The Balaban J connectivity index is 2.89. The van der Waals surface area contributed by atoms with Crippen LogP contribution in [0.4, 0.5) is 0 Å². The third-order valence-electron chi connectivity index (χ3n) is 2.23. The highest BCUT2D eigenvalue weighted by Gasteiger charge is 2.20. The molecule has 0 saturated carbocycles. The summed E-state index contributed by atoms with van der Waals surface area (Å²) in [6, 6.07) is 0.799. The second-order valence-corrected chi connectivity index (χ2v) is 3.40. The number of carboxylic acid groups (broad SMARTS) is 1. The van der Waals surface area contributed by atoms with Gasteiger partial charge in [0.2, 0.25) is 0 Å². The number of hydrogen-bond acceptors (Lipinski definition) is 3. The molecule has 0 aliphatic carbocycles. The summed E-state index contributed by atoms with van der Waals surface area (Å²) in [4.78, 5) is 22.2. The Morgan fingerprint density at radius 1 is 1.62 bits per heavy atom. The standard InChI is InChI=1S/C10H15N3O3/c1-3-4-8(10(15)16)13-6-5-7(12-13)9(14)11-2/h5-6,8H,3-4H2,1-2H3,(H,11,14)(H,15,16). The van der Waals surface area contributed by atoms with Crippen molar-refractivity contribution in [3.05, 3.63) is 18.0 Å². The van der Waals surface area contributed by atoms with Crippen molar-refractivity contribution in [2.45, 2.75) is 25.8 Å². The van der Waals surface area contributed by atoms with Gasteiger partial charge in [-0.15, -0.1) is 0 Å². The van der Waals surface area contributed by atoms with E-state index in [-0.39, 0.29) is 11.6 Å². The van der Waals surface area contributed by atoms with Crippen LogP contribution in [0.3, 0.4) is 0 Å². The van der Waals surface area contributed by atoms with Crippen LogP contribution in [0.15, 0.2) is 12.3 Å². The molecular weight excluding hydrogens is 210 g/mol. The molecule has 1 rings (SSSR count). The van der Waals surface area contributed by atoms with Crippen LogP contribution in [0.5, 0.6) is 0 Å². The van der Waals surface area contributed by atoms with Gasteiger partial charge in [0.25, 0.3) is 5.91 Å². The molecule has 2 N–H and O–H groups in total. The predicted molar refractivity (Wildman–Crippen MR) is 57.2 cm³/mol. The van der Waals surface area contributed by atoms with Gasteiger partial charge in [-0.25, -0.2) is 4.79 Å². The maximum absolute atomic E-state index is 11.2. The van der Waals surface area contributed by atoms with Gasteiger partial charge in [-0.05, 0) is 12.5 Å². The van der Waals surface area contributed by atoms with Crippen molar-refractivity contribution >= 4 is 11.9 Å². The van der Waals surface area contributed by atoms with Crippen LogP contribution in [0.25, 0.3) is 0 Å². The van der Waals surface area contributed by atoms with E-state index in [2.05, 4.69) is 10.4 Å². The molecule has 0 spiro atoms. The lowest BCUT2D eigenvalue weighted by molar-refractivity contribution is -0.141. The lowest BCUT2D eigenvalue weighted by Gasteiger charge is -2.11. The van der Waals surface area contributed by atoms with Gasteiger partial charge in [0.05, 0.1) is 0 Å². The Labute approximate surface area is 93.3 Å². The molecule has 1 heterocycles. The van der Waals surface area contributed by atoms with Gasteiger partial charge in [-0.3, -0.25) is 9.48 Å². The quantitative estimate of drug-likeness (QED) is 0.771. The van der Waals surface area contributed by atoms with E-state index in [0.717, 1.165) is 6.42 Å². The van der Waals surface area contributed by atoms with Crippen LogP contribution in [0, 0.1) is 0 Å². The number of rotatable bonds is 5. The molecule has 0 aromatic carbocycles. The monoisotopic (exact) mass is 225 g/mol. The number of nitrogens with zero attached hydrogens (tertiary/aromatic N) is 2. The predicted octanol–water partition coefficient (Wildman–Crippen LogP) is 0.668. The minimum absolute atomic E-state index is 0.227. The molecule has 6 nitrogen and oxygen atoms in total. The molecule has 0 fully saturated rings. The van der Waals surface area contributed by atoms with E-state index in [4.69, 9.17) is 5.11 Å². The number of aliphatic carboxylic acids is 1. The molecule has 88 valence electrons. The zero-order valence-corrected chi connectivity index (χ0v) is 9.30. The van der Waals surface area contributed by atoms with Crippen LogP contribution in [-0.2, 0) is 4.79 Å². The van der Waals surface area contributed by atoms with Crippen molar-refractivity contribution in [3.63, 3.8) is 0 Å². The summed E-state index contributed by atoms with van der Waals surface area (Å²) < 4.78 is 1.32. The minimum atomic E-state index is -0.937. The van der Waals surface area contributed by atoms with Crippen LogP contribution >= 0.6 is 0 Å². The first-order valence-corrected chi connectivity index (χ1v) is 5.10. The number of aromatic nitrogens is 2. The average Bonchev–Trinajstić information content (AvgIpc) is 2.73. The fraction of sp³-hybridized carbons (Fsp3) is 0.500. The largest absolute Gasteiger partial charge is 0.480 e. The fourth-order valence-corrected chi connectivity index (χ4v) is 1.40. The van der Waals surface area contributed by atoms with Crippen molar-refractivity contribution < 1.29 is 14.7 Å². The number of carbonyl (C=O) groups is 2. The highest BCUT2D eigenvalue weighted by molar-refractivity contribution is 5.91. The highest BCUT2D eigenvalue weighted by atomic mass is 16.4. The van der Waals surface area contributed by atoms with E-state index in [1.54, 1.807) is 0 Å². The van der Waals surface area contributed by atoms with Crippen LogP contribution in [0.1, 0.15) is 36.3 Å². The van der Waals surface area contributed by atoms with Gasteiger partial charge in [0.1, 0.15) is 11.7 Å². The van der Waals surface area contributed by atoms with E-state index < -0.39 is 12.0 Å². The Morgan fingerprint density at radius 2 is 2.31 bits per heavy atom. The lowest BCUT2D eigenvalue weighted by Crippen LogP contribution is -2.22. The molecule has 1 atom stereocenters. The first-order valence-electron chi connectivity index (χ1n) is 5.10. The number of nitrogens with one attached hydrogen (secondary N) is 1. The molecule has 0 aliphatic heterocycles. The Morgan fingerprint density at radius 3 is 2.81 bits per heavy atom. The topological polar surface area (TPSA) is 84.2 Å². The smallest absolute Gasteiger partial charge is 0.328 e. The number of carboxylic acids is 1. The van der Waals surface area contributed by atoms with Crippen molar-refractivity contribution in [2.75, 3.05) is 7.05 Å². The Kier molecular flexibility index (Phi) is 4.04. The summed E-state index contributed by atoms with van der Waals surface area (Å²) in [5.41, 5.74) is 0.227. The Bertz CT molecular complexity index is 386. The zero-order chi connectivity index (χ0) is 12.1. The maximum atomic E-state index is 11.2. The molecule has 0 saturated heterocycles. The average molecular weight is 225 g/mol. The molecule has 6 heteroatoms. The molecule has 16 heavy (non-hydrogen) atoms. The number of carbonyl (C=O) groups excluding carboxylic acids is 1. The zero-order valence-electron chi connectivity index (χ0n) is 9.30. The van der Waals surface area contributed by atoms with E-state index in [0.29, 0.717) is 6.42 Å². The van der Waals surface area contributed by atoms with Crippen molar-refractivity contribution in [1.29, 1.82) is 0 Å². The van der Waals surface area contributed by atoms with Gasteiger partial charge >= 0.3 is 5.97 Å². The molecular formula is C10H15N3O3. The summed E-state index contributed by atoms with van der Waals surface area (Å²) in [5, 5.41) is 15.4. The van der Waals surface area contributed by atoms with Crippen LogP contribution in [-0.4, -0.2) is 33.8 Å². The van der Waals surface area contributed by atoms with Crippen molar-refractivity contribution in [2.24, 2.45) is 0 Å². The SMILES string of the molecule is CCCC(C(=O)O)n1ccc(C(=O)NC)n1. The van der Waals surface area contributed by atoms with E-state index in [1.807, 2.05) is 6.92 Å². The lowest BCUT2D eigenvalue weighted by atomic mass is 10.2. The second kappa shape index (κ2) is 5.29. The summed E-state index contributed by atoms with van der Waals surface area (Å²) in [6.45, 7) is 1.90. The third-order valence-corrected chi connectivity index (χ3v) is 2.23. The highest BCUT2D eigenvalue weighted by Crippen LogP contribution is 2.13. The third kappa shape index (κ3) is 2.59. The maximum Gasteiger partial charge on any atom is 0.328 e. The summed E-state index contributed by atoms with van der Waals surface area (Å²) in [6.07, 6.45) is 2.75. The molecule has 0 radical (unpaired) electrons. The Hall–Kier alpha value is -1.85. The second-order valence-electron chi connectivity index (χ2n) is 3.40. The molecule has 1 aromatic rings. The van der Waals surface area contributed by atoms with Crippen LogP contribution < -0.4 is 5.32 Å². The van der Waals surface area contributed by atoms with E-state index in [1.165, 1.54) is 24.0 Å². The van der Waals surface area contributed by atoms with E-state index >= 15 is 0 Å². The van der Waals surface area contributed by atoms with Gasteiger partial charge in [-0.1, -0.05) is 13.3 Å². The molecule has 0 aliphatic rings. The van der Waals surface area contributed by atoms with Crippen molar-refractivity contribution in [1.82, 2.24) is 15.1 Å². The molecule has 1 unspecified atom stereocenters. The van der Waals surface area contributed by atoms with Crippen LogP contribution in [0.2, 0.25) is 0 Å². The molecule has 1 amide bonds. The molecule has 1 aromatic heterocycles. The van der Waals surface area contributed by atoms with Gasteiger partial charge < -0.3 is 10.4 Å². The summed E-state index contributed by atoms with van der Waals surface area (Å²) in [7, 11) is 1.50. The number of amides is 1. The fourth-order valence-electron chi connectivity index (χ4n) is 1.40. The summed E-state index contributed by atoms with van der Waals surface area (Å²) in [5.74, 6) is -1.26. The van der Waals surface area contributed by atoms with Gasteiger partial charge in [-0.2, -0.15) is 5.10 Å². The van der Waals surface area contributed by atoms with Gasteiger partial charge in [0, 0.05) is 13.2 Å². The minimum Gasteiger partial charge on any atom is -0.480 e.